The van der Waals surface area contributed by atoms with E-state index in [0.29, 0.717) is 11.3 Å². The maximum Gasteiger partial charge on any atom is 0.434 e. The van der Waals surface area contributed by atoms with E-state index in [9.17, 15) is 35.5 Å². The van der Waals surface area contributed by atoms with Crippen molar-refractivity contribution in [3.05, 3.63) is 54.0 Å². The van der Waals surface area contributed by atoms with Crippen LogP contribution in [0.4, 0.5) is 41.2 Å². The molecular weight excluding hydrogens is 459 g/mol. The van der Waals surface area contributed by atoms with Crippen LogP contribution in [0, 0.1) is 5.82 Å². The van der Waals surface area contributed by atoms with Gasteiger partial charge < -0.3 is 14.5 Å². The first-order chi connectivity index (χ1) is 15.4. The monoisotopic (exact) mass is 481 g/mol. The average Bonchev–Trinajstić information content (AvgIpc) is 2.72. The third kappa shape index (κ3) is 6.18. The van der Waals surface area contributed by atoms with E-state index in [1.807, 2.05) is 36.3 Å². The molecule has 5 nitrogen and oxygen atoms in total. The second-order valence-corrected chi connectivity index (χ2v) is 7.76. The molecule has 0 radical (unpaired) electrons. The van der Waals surface area contributed by atoms with E-state index in [-0.39, 0.29) is 38.8 Å². The van der Waals surface area contributed by atoms with Gasteiger partial charge in [0.25, 0.3) is 6.10 Å². The summed E-state index contributed by atoms with van der Waals surface area (Å²) < 4.78 is 93.9. The molecule has 0 saturated carbocycles. The third-order valence-corrected chi connectivity index (χ3v) is 5.36. The van der Waals surface area contributed by atoms with Gasteiger partial charge in [0, 0.05) is 56.2 Å². The van der Waals surface area contributed by atoms with E-state index in [0.717, 1.165) is 4.90 Å². The Morgan fingerprint density at radius 1 is 1.06 bits per heavy atom. The Labute approximate surface area is 185 Å². The highest BCUT2D eigenvalue weighted by molar-refractivity contribution is 5.68. The molecule has 1 saturated heterocycles. The quantitative estimate of drug-likeness (QED) is 0.577. The molecule has 33 heavy (non-hydrogen) atoms. The number of allylic oxidation sites excluding steroid dienone is 2. The number of ether oxygens (including phenoxy) is 1. The van der Waals surface area contributed by atoms with Crippen LogP contribution in [0.2, 0.25) is 0 Å². The van der Waals surface area contributed by atoms with Crippen molar-refractivity contribution < 1.29 is 40.3 Å². The Morgan fingerprint density at radius 2 is 1.70 bits per heavy atom. The van der Waals surface area contributed by atoms with Gasteiger partial charge in [0.1, 0.15) is 5.82 Å². The van der Waals surface area contributed by atoms with Gasteiger partial charge in [-0.15, -0.1) is 0 Å². The second-order valence-electron chi connectivity index (χ2n) is 7.76. The first-order valence-corrected chi connectivity index (χ1v) is 10.1. The van der Waals surface area contributed by atoms with Gasteiger partial charge in [0.05, 0.1) is 0 Å². The lowest BCUT2D eigenvalue weighted by atomic mass is 10.1. The van der Waals surface area contributed by atoms with Crippen LogP contribution >= 0.6 is 0 Å². The Bertz CT molecular complexity index is 892. The number of carbonyl (C=O) groups excluding carboxylic acids is 1. The number of nitrogens with zero attached hydrogens (tertiary/aromatic N) is 3. The Kier molecular flexibility index (Phi) is 7.25. The van der Waals surface area contributed by atoms with Crippen LogP contribution in [0.1, 0.15) is 12.5 Å². The fourth-order valence-corrected chi connectivity index (χ4v) is 3.57. The summed E-state index contributed by atoms with van der Waals surface area (Å²) in [5.41, 5.74) is 1.05. The second kappa shape index (κ2) is 9.62. The van der Waals surface area contributed by atoms with Gasteiger partial charge in [-0.1, -0.05) is 18.2 Å². The highest BCUT2D eigenvalue weighted by Gasteiger charge is 2.60. The Hall–Kier alpha value is -2.76. The van der Waals surface area contributed by atoms with E-state index in [4.69, 9.17) is 0 Å². The van der Waals surface area contributed by atoms with Crippen LogP contribution in [0.25, 0.3) is 0 Å². The lowest BCUT2D eigenvalue weighted by Gasteiger charge is -2.35. The molecule has 0 N–H and O–H groups in total. The van der Waals surface area contributed by atoms with E-state index < -0.39 is 30.4 Å². The first-order valence-electron chi connectivity index (χ1n) is 10.1. The summed E-state index contributed by atoms with van der Waals surface area (Å²) in [6.07, 6.45) is -9.88. The summed E-state index contributed by atoms with van der Waals surface area (Å²) >= 11 is 0. The number of benzene rings is 1. The van der Waals surface area contributed by atoms with Crippen LogP contribution in [-0.4, -0.2) is 66.6 Å². The summed E-state index contributed by atoms with van der Waals surface area (Å²) in [6.45, 7) is 2.11. The highest BCUT2D eigenvalue weighted by Crippen LogP contribution is 2.36. The van der Waals surface area contributed by atoms with Gasteiger partial charge in [-0.25, -0.2) is 9.18 Å². The third-order valence-electron chi connectivity index (χ3n) is 5.36. The number of carbonyl (C=O) groups is 1. The predicted molar refractivity (Wildman–Crippen MR) is 106 cm³/mol. The van der Waals surface area contributed by atoms with Crippen molar-refractivity contribution in [2.75, 3.05) is 31.1 Å². The Morgan fingerprint density at radius 3 is 2.24 bits per heavy atom. The van der Waals surface area contributed by atoms with Crippen LogP contribution in [0.5, 0.6) is 0 Å². The minimum atomic E-state index is -5.77. The number of piperazine rings is 1. The minimum absolute atomic E-state index is 0.0578. The van der Waals surface area contributed by atoms with Crippen molar-refractivity contribution in [2.24, 2.45) is 0 Å². The number of amides is 1. The number of halogens is 7. The number of rotatable bonds is 4. The molecule has 1 atom stereocenters. The van der Waals surface area contributed by atoms with Gasteiger partial charge >= 0.3 is 18.4 Å². The highest BCUT2D eigenvalue weighted by atomic mass is 19.4. The fourth-order valence-electron chi connectivity index (χ4n) is 3.57. The van der Waals surface area contributed by atoms with Crippen LogP contribution in [0.15, 0.2) is 42.6 Å². The predicted octanol–water partition coefficient (Wildman–Crippen LogP) is 4.85. The van der Waals surface area contributed by atoms with E-state index in [2.05, 4.69) is 4.74 Å². The molecule has 0 aliphatic carbocycles. The normalized spacial score (nSPS) is 20.0. The summed E-state index contributed by atoms with van der Waals surface area (Å²) in [7, 11) is 0. The van der Waals surface area contributed by atoms with Gasteiger partial charge in [-0.05, 0) is 25.1 Å². The SMILES string of the molecule is CC1C=CC=CN1c1ccc(CN2CCN(C(=O)OC(C(F)(F)F)C(F)(F)F)CC2)c(F)c1. The van der Waals surface area contributed by atoms with Crippen molar-refractivity contribution >= 4 is 11.8 Å². The number of alkyl halides is 6. The molecule has 0 bridgehead atoms. The molecular formula is C21H22F7N3O2. The lowest BCUT2D eigenvalue weighted by molar-refractivity contribution is -0.308. The van der Waals surface area contributed by atoms with Crippen LogP contribution < -0.4 is 4.90 Å². The number of anilines is 1. The van der Waals surface area contributed by atoms with Crippen molar-refractivity contribution in [2.45, 2.75) is 38.0 Å². The molecule has 1 unspecified atom stereocenters. The van der Waals surface area contributed by atoms with Crippen molar-refractivity contribution in [1.29, 1.82) is 0 Å². The molecule has 2 aliphatic heterocycles. The summed E-state index contributed by atoms with van der Waals surface area (Å²) in [6, 6.07) is 4.85. The molecule has 1 aromatic rings. The Balaban J connectivity index is 1.55. The summed E-state index contributed by atoms with van der Waals surface area (Å²) in [4.78, 5) is 16.3. The van der Waals surface area contributed by atoms with Gasteiger partial charge in [-0.3, -0.25) is 4.90 Å². The van der Waals surface area contributed by atoms with Crippen LogP contribution in [-0.2, 0) is 11.3 Å². The zero-order chi connectivity index (χ0) is 24.4. The maximum atomic E-state index is 14.7. The van der Waals surface area contributed by atoms with Crippen molar-refractivity contribution in [3.63, 3.8) is 0 Å². The number of hydrogen-bond donors (Lipinski definition) is 0. The fraction of sp³-hybridized carbons (Fsp3) is 0.476. The number of hydrogen-bond acceptors (Lipinski definition) is 4. The average molecular weight is 481 g/mol. The smallest absolute Gasteiger partial charge is 0.426 e. The zero-order valence-corrected chi connectivity index (χ0v) is 17.5. The molecule has 12 heteroatoms. The maximum absolute atomic E-state index is 14.7. The van der Waals surface area contributed by atoms with E-state index in [1.165, 1.54) is 6.07 Å². The molecule has 0 aromatic heterocycles. The van der Waals surface area contributed by atoms with E-state index >= 15 is 0 Å². The topological polar surface area (TPSA) is 36.0 Å². The molecule has 1 fully saturated rings. The van der Waals surface area contributed by atoms with Gasteiger partial charge in [0.15, 0.2) is 0 Å². The van der Waals surface area contributed by atoms with E-state index in [1.54, 1.807) is 17.0 Å². The molecule has 2 aliphatic rings. The van der Waals surface area contributed by atoms with Gasteiger partial charge in [0.2, 0.25) is 0 Å². The lowest BCUT2D eigenvalue weighted by Crippen LogP contribution is -2.52. The largest absolute Gasteiger partial charge is 0.434 e. The summed E-state index contributed by atoms with van der Waals surface area (Å²) in [5.74, 6) is -0.442. The molecule has 0 spiro atoms. The minimum Gasteiger partial charge on any atom is -0.426 e. The zero-order valence-electron chi connectivity index (χ0n) is 17.5. The van der Waals surface area contributed by atoms with Crippen LogP contribution in [0.3, 0.4) is 0 Å². The molecule has 182 valence electrons. The van der Waals surface area contributed by atoms with Gasteiger partial charge in [-0.2, -0.15) is 26.3 Å². The molecule has 3 rings (SSSR count). The van der Waals surface area contributed by atoms with Crippen molar-refractivity contribution in [1.82, 2.24) is 9.80 Å². The molecule has 1 aromatic carbocycles. The first kappa shape index (κ1) is 24.9. The standard InChI is InChI=1S/C21H22F7N3O2/c1-14-4-2-3-7-31(14)16-6-5-15(17(22)12-16)13-29-8-10-30(11-9-29)19(32)33-18(20(23,24)25)21(26,27)28/h2-7,12,14,18H,8-11,13H2,1H3. The molecule has 1 amide bonds. The molecule has 2 heterocycles. The van der Waals surface area contributed by atoms with Crippen molar-refractivity contribution in [3.8, 4) is 0 Å². The summed E-state index contributed by atoms with van der Waals surface area (Å²) in [5, 5.41) is 0.